The van der Waals surface area contributed by atoms with E-state index in [1.165, 1.54) is 37.3 Å². The average molecular weight is 482 g/mol. The van der Waals surface area contributed by atoms with Crippen molar-refractivity contribution in [3.05, 3.63) is 88.4 Å². The Labute approximate surface area is 189 Å². The highest BCUT2D eigenvalue weighted by atomic mass is 35.5. The SMILES string of the molecule is CC(C(=O)NCc1ccccn1)N(c1cc(Cl)ccc1F)S(=O)(=O)c1ccc(Cl)cc1. The zero-order chi connectivity index (χ0) is 22.6. The van der Waals surface area contributed by atoms with E-state index < -0.39 is 27.8 Å². The van der Waals surface area contributed by atoms with Crippen LogP contribution in [0.25, 0.3) is 0 Å². The van der Waals surface area contributed by atoms with Gasteiger partial charge in [-0.3, -0.25) is 14.1 Å². The van der Waals surface area contributed by atoms with E-state index in [2.05, 4.69) is 10.3 Å². The van der Waals surface area contributed by atoms with Crippen molar-refractivity contribution >= 4 is 44.8 Å². The van der Waals surface area contributed by atoms with E-state index in [0.29, 0.717) is 15.0 Å². The zero-order valence-corrected chi connectivity index (χ0v) is 18.6. The number of carbonyl (C=O) groups is 1. The molecule has 6 nitrogen and oxygen atoms in total. The third-order valence-corrected chi connectivity index (χ3v) is 6.80. The molecule has 0 spiro atoms. The molecule has 3 rings (SSSR count). The summed E-state index contributed by atoms with van der Waals surface area (Å²) in [5.74, 6) is -1.48. The van der Waals surface area contributed by atoms with Gasteiger partial charge in [0.25, 0.3) is 10.0 Å². The quantitative estimate of drug-likeness (QED) is 0.541. The number of pyridine rings is 1. The highest BCUT2D eigenvalue weighted by Gasteiger charge is 2.35. The molecule has 0 fully saturated rings. The van der Waals surface area contributed by atoms with Gasteiger partial charge in [0.1, 0.15) is 11.9 Å². The van der Waals surface area contributed by atoms with Crippen LogP contribution in [-0.4, -0.2) is 25.4 Å². The molecule has 0 saturated carbocycles. The predicted molar refractivity (Wildman–Crippen MR) is 118 cm³/mol. The van der Waals surface area contributed by atoms with Crippen LogP contribution >= 0.6 is 23.2 Å². The van der Waals surface area contributed by atoms with E-state index in [1.54, 1.807) is 24.4 Å². The fraction of sp³-hybridized carbons (Fsp3) is 0.143. The maximum Gasteiger partial charge on any atom is 0.265 e. The van der Waals surface area contributed by atoms with E-state index in [1.807, 2.05) is 0 Å². The summed E-state index contributed by atoms with van der Waals surface area (Å²) in [7, 11) is -4.34. The van der Waals surface area contributed by atoms with Crippen molar-refractivity contribution < 1.29 is 17.6 Å². The Morgan fingerprint density at radius 2 is 1.77 bits per heavy atom. The van der Waals surface area contributed by atoms with Gasteiger partial charge in [0, 0.05) is 16.2 Å². The smallest absolute Gasteiger partial charge is 0.265 e. The number of amides is 1. The summed E-state index contributed by atoms with van der Waals surface area (Å²) in [6, 6.07) is 12.8. The molecule has 1 unspecified atom stereocenters. The monoisotopic (exact) mass is 481 g/mol. The van der Waals surface area contributed by atoms with Crippen LogP contribution in [0.1, 0.15) is 12.6 Å². The minimum atomic E-state index is -4.34. The highest BCUT2D eigenvalue weighted by Crippen LogP contribution is 2.31. The van der Waals surface area contributed by atoms with Gasteiger partial charge in [-0.05, 0) is 61.5 Å². The summed E-state index contributed by atoms with van der Waals surface area (Å²) in [6.45, 7) is 1.44. The van der Waals surface area contributed by atoms with Gasteiger partial charge in [-0.15, -0.1) is 0 Å². The molecule has 2 aromatic carbocycles. The fourth-order valence-electron chi connectivity index (χ4n) is 2.86. The number of anilines is 1. The fourth-order valence-corrected chi connectivity index (χ4v) is 4.77. The molecule has 3 aromatic rings. The molecule has 1 N–H and O–H groups in total. The largest absolute Gasteiger partial charge is 0.349 e. The van der Waals surface area contributed by atoms with Crippen LogP contribution in [-0.2, 0) is 21.4 Å². The van der Waals surface area contributed by atoms with E-state index in [4.69, 9.17) is 23.2 Å². The topological polar surface area (TPSA) is 79.4 Å². The van der Waals surface area contributed by atoms with Crippen LogP contribution in [0.2, 0.25) is 10.0 Å². The molecule has 1 amide bonds. The summed E-state index contributed by atoms with van der Waals surface area (Å²) >= 11 is 11.8. The Morgan fingerprint density at radius 1 is 1.10 bits per heavy atom. The Hall–Kier alpha value is -2.68. The number of carbonyl (C=O) groups excluding carboxylic acids is 1. The minimum Gasteiger partial charge on any atom is -0.349 e. The summed E-state index contributed by atoms with van der Waals surface area (Å²) < 4.78 is 42.2. The molecule has 0 aliphatic carbocycles. The lowest BCUT2D eigenvalue weighted by Gasteiger charge is -2.30. The van der Waals surface area contributed by atoms with Crippen molar-refractivity contribution in [2.45, 2.75) is 24.4 Å². The van der Waals surface area contributed by atoms with Crippen molar-refractivity contribution in [1.29, 1.82) is 0 Å². The molecule has 0 saturated heterocycles. The first kappa shape index (κ1) is 23.0. The van der Waals surface area contributed by atoms with Gasteiger partial charge in [0.15, 0.2) is 0 Å². The number of benzene rings is 2. The van der Waals surface area contributed by atoms with Gasteiger partial charge in [0.2, 0.25) is 5.91 Å². The summed E-state index contributed by atoms with van der Waals surface area (Å²) in [6.07, 6.45) is 1.57. The van der Waals surface area contributed by atoms with Crippen LogP contribution < -0.4 is 9.62 Å². The van der Waals surface area contributed by atoms with Crippen molar-refractivity contribution in [1.82, 2.24) is 10.3 Å². The molecule has 162 valence electrons. The van der Waals surface area contributed by atoms with Crippen LogP contribution in [0.4, 0.5) is 10.1 Å². The number of nitrogens with zero attached hydrogens (tertiary/aromatic N) is 2. The molecule has 0 aliphatic rings. The summed E-state index contributed by atoms with van der Waals surface area (Å²) in [5.41, 5.74) is 0.243. The van der Waals surface area contributed by atoms with Gasteiger partial charge in [0.05, 0.1) is 22.8 Å². The van der Waals surface area contributed by atoms with Crippen LogP contribution in [0.15, 0.2) is 71.8 Å². The van der Waals surface area contributed by atoms with Crippen molar-refractivity contribution in [2.24, 2.45) is 0 Å². The standard InChI is InChI=1S/C21H18Cl2FN3O3S/c1-14(21(28)26-13-17-4-2-3-11-25-17)27(20-12-16(23)7-10-19(20)24)31(29,30)18-8-5-15(22)6-9-18/h2-12,14H,13H2,1H3,(H,26,28). The molecule has 1 atom stereocenters. The predicted octanol–water partition coefficient (Wildman–Crippen LogP) is 4.43. The van der Waals surface area contributed by atoms with E-state index in [0.717, 1.165) is 12.1 Å². The number of nitrogens with one attached hydrogen (secondary N) is 1. The highest BCUT2D eigenvalue weighted by molar-refractivity contribution is 7.93. The molecule has 1 aromatic heterocycles. The second kappa shape index (κ2) is 9.64. The number of halogens is 3. The number of sulfonamides is 1. The molecule has 31 heavy (non-hydrogen) atoms. The van der Waals surface area contributed by atoms with Gasteiger partial charge < -0.3 is 5.32 Å². The molecular weight excluding hydrogens is 464 g/mol. The van der Waals surface area contributed by atoms with E-state index in [9.17, 15) is 17.6 Å². The molecule has 0 radical (unpaired) electrons. The van der Waals surface area contributed by atoms with E-state index in [-0.39, 0.29) is 22.2 Å². The zero-order valence-electron chi connectivity index (χ0n) is 16.3. The molecule has 0 aliphatic heterocycles. The number of aromatic nitrogens is 1. The second-order valence-electron chi connectivity index (χ2n) is 6.57. The van der Waals surface area contributed by atoms with E-state index >= 15 is 0 Å². The van der Waals surface area contributed by atoms with Gasteiger partial charge in [-0.2, -0.15) is 0 Å². The maximum absolute atomic E-state index is 14.7. The third kappa shape index (κ3) is 5.33. The number of rotatable bonds is 7. The molecular formula is C21H18Cl2FN3O3S. The molecule has 1 heterocycles. The van der Waals surface area contributed by atoms with Crippen LogP contribution in [0.3, 0.4) is 0 Å². The summed E-state index contributed by atoms with van der Waals surface area (Å²) in [4.78, 5) is 16.8. The minimum absolute atomic E-state index is 0.0802. The second-order valence-corrected chi connectivity index (χ2v) is 9.25. The maximum atomic E-state index is 14.7. The first-order chi connectivity index (χ1) is 14.7. The Kier molecular flexibility index (Phi) is 7.15. The Bertz CT molecular complexity index is 1180. The lowest BCUT2D eigenvalue weighted by atomic mass is 10.2. The first-order valence-electron chi connectivity index (χ1n) is 9.13. The van der Waals surface area contributed by atoms with Gasteiger partial charge >= 0.3 is 0 Å². The van der Waals surface area contributed by atoms with Crippen molar-refractivity contribution in [2.75, 3.05) is 4.31 Å². The number of hydrogen-bond acceptors (Lipinski definition) is 4. The Morgan fingerprint density at radius 3 is 2.42 bits per heavy atom. The average Bonchev–Trinajstić information content (AvgIpc) is 2.75. The molecule has 0 bridgehead atoms. The molecule has 10 heteroatoms. The van der Waals surface area contributed by atoms with Crippen LogP contribution in [0, 0.1) is 5.82 Å². The van der Waals surface area contributed by atoms with Crippen molar-refractivity contribution in [3.63, 3.8) is 0 Å². The number of hydrogen-bond donors (Lipinski definition) is 1. The normalized spacial score (nSPS) is 12.3. The lowest BCUT2D eigenvalue weighted by molar-refractivity contribution is -0.122. The van der Waals surface area contributed by atoms with Crippen LogP contribution in [0.5, 0.6) is 0 Å². The summed E-state index contributed by atoms with van der Waals surface area (Å²) in [5, 5.41) is 3.08. The Balaban J connectivity index is 2.00. The van der Waals surface area contributed by atoms with Gasteiger partial charge in [-0.1, -0.05) is 29.3 Å². The van der Waals surface area contributed by atoms with Gasteiger partial charge in [-0.25, -0.2) is 12.8 Å². The lowest BCUT2D eigenvalue weighted by Crippen LogP contribution is -2.48. The third-order valence-electron chi connectivity index (χ3n) is 4.42. The van der Waals surface area contributed by atoms with Crippen molar-refractivity contribution in [3.8, 4) is 0 Å². The first-order valence-corrected chi connectivity index (χ1v) is 11.3.